The van der Waals surface area contributed by atoms with Gasteiger partial charge in [-0.3, -0.25) is 4.79 Å². The van der Waals surface area contributed by atoms with Crippen LogP contribution in [-0.2, 0) is 10.2 Å². The maximum absolute atomic E-state index is 11.9. The number of hydrogen-bond acceptors (Lipinski definition) is 4. The van der Waals surface area contributed by atoms with E-state index in [1.165, 1.54) is 24.8 Å². The maximum atomic E-state index is 11.9. The topological polar surface area (TPSA) is 73.6 Å². The predicted octanol–water partition coefficient (Wildman–Crippen LogP) is 2.79. The third-order valence-electron chi connectivity index (χ3n) is 4.82. The number of halogens is 1. The Hall–Kier alpha value is -1.46. The second-order valence-corrected chi connectivity index (χ2v) is 6.42. The van der Waals surface area contributed by atoms with Crippen LogP contribution in [0.1, 0.15) is 44.6 Å². The Morgan fingerprint density at radius 2 is 1.83 bits per heavy atom. The Balaban J connectivity index is 0.00000288. The Morgan fingerprint density at radius 3 is 2.38 bits per heavy atom. The Bertz CT molecular complexity index is 543. The van der Waals surface area contributed by atoms with Gasteiger partial charge in [0.15, 0.2) is 11.5 Å². The lowest BCUT2D eigenvalue weighted by Gasteiger charge is -2.38. The van der Waals surface area contributed by atoms with Gasteiger partial charge in [0.25, 0.3) is 0 Å². The quantitative estimate of drug-likeness (QED) is 0.822. The van der Waals surface area contributed by atoms with Crippen molar-refractivity contribution in [2.75, 3.05) is 20.8 Å². The van der Waals surface area contributed by atoms with Crippen LogP contribution < -0.4 is 20.5 Å². The van der Waals surface area contributed by atoms with Gasteiger partial charge in [-0.05, 0) is 37.5 Å². The highest BCUT2D eigenvalue weighted by Crippen LogP contribution is 2.42. The second-order valence-electron chi connectivity index (χ2n) is 6.42. The Labute approximate surface area is 150 Å². The minimum atomic E-state index is -0.485. The van der Waals surface area contributed by atoms with Crippen molar-refractivity contribution in [1.29, 1.82) is 0 Å². The number of nitrogens with two attached hydrogens (primary N) is 1. The zero-order chi connectivity index (χ0) is 16.9. The smallest absolute Gasteiger partial charge is 0.236 e. The largest absolute Gasteiger partial charge is 0.493 e. The minimum Gasteiger partial charge on any atom is -0.493 e. The van der Waals surface area contributed by atoms with E-state index in [1.807, 2.05) is 12.1 Å². The van der Waals surface area contributed by atoms with E-state index in [-0.39, 0.29) is 23.7 Å². The van der Waals surface area contributed by atoms with Gasteiger partial charge in [-0.1, -0.05) is 25.3 Å². The molecule has 0 bridgehead atoms. The summed E-state index contributed by atoms with van der Waals surface area (Å²) < 4.78 is 10.8. The summed E-state index contributed by atoms with van der Waals surface area (Å²) in [6.07, 6.45) is 5.70. The highest BCUT2D eigenvalue weighted by atomic mass is 35.5. The molecule has 1 amide bonds. The van der Waals surface area contributed by atoms with Crippen LogP contribution in [0.4, 0.5) is 0 Å². The van der Waals surface area contributed by atoms with E-state index in [0.29, 0.717) is 6.54 Å². The maximum Gasteiger partial charge on any atom is 0.236 e. The highest BCUT2D eigenvalue weighted by molar-refractivity contribution is 5.85. The van der Waals surface area contributed by atoms with Gasteiger partial charge in [0.2, 0.25) is 5.91 Å². The van der Waals surface area contributed by atoms with Crippen LogP contribution in [0, 0.1) is 0 Å². The molecule has 0 aromatic heterocycles. The van der Waals surface area contributed by atoms with Crippen LogP contribution in [-0.4, -0.2) is 32.7 Å². The Morgan fingerprint density at radius 1 is 1.21 bits per heavy atom. The van der Waals surface area contributed by atoms with Crippen molar-refractivity contribution in [2.45, 2.75) is 50.5 Å². The molecule has 1 fully saturated rings. The third kappa shape index (κ3) is 4.54. The average molecular weight is 357 g/mol. The molecule has 0 radical (unpaired) electrons. The summed E-state index contributed by atoms with van der Waals surface area (Å²) in [5.41, 5.74) is 6.81. The molecule has 0 unspecified atom stereocenters. The molecule has 1 atom stereocenters. The lowest BCUT2D eigenvalue weighted by atomic mass is 9.69. The number of benzene rings is 1. The van der Waals surface area contributed by atoms with E-state index in [2.05, 4.69) is 11.4 Å². The van der Waals surface area contributed by atoms with Gasteiger partial charge in [-0.2, -0.15) is 0 Å². The first-order chi connectivity index (χ1) is 11.0. The molecule has 2 rings (SSSR count). The summed E-state index contributed by atoms with van der Waals surface area (Å²) in [7, 11) is 3.28. The summed E-state index contributed by atoms with van der Waals surface area (Å²) in [6, 6.07) is 5.59. The highest BCUT2D eigenvalue weighted by Gasteiger charge is 2.35. The number of methoxy groups -OCH3 is 2. The van der Waals surface area contributed by atoms with Crippen molar-refractivity contribution in [2.24, 2.45) is 5.73 Å². The predicted molar refractivity (Wildman–Crippen MR) is 98.2 cm³/mol. The molecule has 1 aliphatic rings. The van der Waals surface area contributed by atoms with Crippen molar-refractivity contribution >= 4 is 18.3 Å². The van der Waals surface area contributed by atoms with Gasteiger partial charge >= 0.3 is 0 Å². The van der Waals surface area contributed by atoms with Gasteiger partial charge in [-0.25, -0.2) is 0 Å². The zero-order valence-electron chi connectivity index (χ0n) is 14.8. The second kappa shape index (κ2) is 9.14. The van der Waals surface area contributed by atoms with Crippen molar-refractivity contribution in [3.63, 3.8) is 0 Å². The first-order valence-electron chi connectivity index (χ1n) is 8.28. The average Bonchev–Trinajstić information content (AvgIpc) is 2.59. The number of rotatable bonds is 6. The standard InChI is InChI=1S/C18H28N2O3.ClH/c1-13(19)17(21)20-12-18(9-5-4-6-10-18)14-7-8-15(22-2)16(11-14)23-3;/h7-8,11,13H,4-6,9-10,12,19H2,1-3H3,(H,20,21);1H/t13-;/m1./s1. The van der Waals surface area contributed by atoms with Crippen molar-refractivity contribution in [1.82, 2.24) is 5.32 Å². The van der Waals surface area contributed by atoms with E-state index in [4.69, 9.17) is 15.2 Å². The summed E-state index contributed by atoms with van der Waals surface area (Å²) >= 11 is 0. The molecule has 0 aliphatic heterocycles. The molecule has 1 aromatic rings. The van der Waals surface area contributed by atoms with Gasteiger partial charge in [0.05, 0.1) is 20.3 Å². The van der Waals surface area contributed by atoms with Crippen LogP contribution in [0.5, 0.6) is 11.5 Å². The molecule has 24 heavy (non-hydrogen) atoms. The molecule has 6 heteroatoms. The van der Waals surface area contributed by atoms with Crippen LogP contribution in [0.2, 0.25) is 0 Å². The molecule has 0 saturated heterocycles. The van der Waals surface area contributed by atoms with Crippen molar-refractivity contribution in [3.8, 4) is 11.5 Å². The first kappa shape index (κ1) is 20.6. The van der Waals surface area contributed by atoms with Gasteiger partial charge < -0.3 is 20.5 Å². The van der Waals surface area contributed by atoms with Gasteiger partial charge in [-0.15, -0.1) is 12.4 Å². The van der Waals surface area contributed by atoms with Crippen molar-refractivity contribution in [3.05, 3.63) is 23.8 Å². The van der Waals surface area contributed by atoms with E-state index < -0.39 is 6.04 Å². The summed E-state index contributed by atoms with van der Waals surface area (Å²) in [6.45, 7) is 2.32. The molecule has 136 valence electrons. The van der Waals surface area contributed by atoms with E-state index >= 15 is 0 Å². The number of nitrogens with one attached hydrogen (secondary N) is 1. The lowest BCUT2D eigenvalue weighted by Crippen LogP contribution is -2.46. The number of hydrogen-bond donors (Lipinski definition) is 2. The zero-order valence-corrected chi connectivity index (χ0v) is 15.6. The first-order valence-corrected chi connectivity index (χ1v) is 8.28. The normalized spacial score (nSPS) is 17.3. The van der Waals surface area contributed by atoms with Crippen LogP contribution >= 0.6 is 12.4 Å². The molecule has 0 spiro atoms. The Kier molecular flexibility index (Phi) is 7.84. The summed E-state index contributed by atoms with van der Waals surface area (Å²) in [5.74, 6) is 1.35. The van der Waals surface area contributed by atoms with Crippen LogP contribution in [0.25, 0.3) is 0 Å². The molecule has 3 N–H and O–H groups in total. The SMILES string of the molecule is COc1ccc(C2(CNC(=O)[C@@H](C)N)CCCCC2)cc1OC.Cl. The molecular weight excluding hydrogens is 328 g/mol. The summed E-state index contributed by atoms with van der Waals surface area (Å²) in [5, 5.41) is 3.02. The summed E-state index contributed by atoms with van der Waals surface area (Å²) in [4.78, 5) is 11.9. The molecular formula is C18H29ClN2O3. The van der Waals surface area contributed by atoms with E-state index in [1.54, 1.807) is 21.1 Å². The fourth-order valence-electron chi connectivity index (χ4n) is 3.38. The molecule has 5 nitrogen and oxygen atoms in total. The fourth-order valence-corrected chi connectivity index (χ4v) is 3.38. The van der Waals surface area contributed by atoms with E-state index in [0.717, 1.165) is 24.3 Å². The monoisotopic (exact) mass is 356 g/mol. The minimum absolute atomic E-state index is 0. The van der Waals surface area contributed by atoms with Gasteiger partial charge in [0.1, 0.15) is 0 Å². The molecule has 1 aromatic carbocycles. The number of amides is 1. The number of carbonyl (C=O) groups is 1. The molecule has 1 saturated carbocycles. The lowest BCUT2D eigenvalue weighted by molar-refractivity contribution is -0.122. The van der Waals surface area contributed by atoms with Crippen molar-refractivity contribution < 1.29 is 14.3 Å². The van der Waals surface area contributed by atoms with Crippen LogP contribution in [0.15, 0.2) is 18.2 Å². The molecule has 1 aliphatic carbocycles. The third-order valence-corrected chi connectivity index (χ3v) is 4.82. The number of carbonyl (C=O) groups excluding carboxylic acids is 1. The van der Waals surface area contributed by atoms with Crippen LogP contribution in [0.3, 0.4) is 0 Å². The van der Waals surface area contributed by atoms with E-state index in [9.17, 15) is 4.79 Å². The molecule has 0 heterocycles. The fraction of sp³-hybridized carbons (Fsp3) is 0.611. The van der Waals surface area contributed by atoms with Gasteiger partial charge in [0, 0.05) is 12.0 Å². The number of ether oxygens (including phenoxy) is 2.